The van der Waals surface area contributed by atoms with Crippen molar-refractivity contribution < 1.29 is 14.5 Å². The third kappa shape index (κ3) is 3.14. The lowest BCUT2D eigenvalue weighted by Crippen LogP contribution is -1.97. The van der Waals surface area contributed by atoms with Gasteiger partial charge in [0.15, 0.2) is 0 Å². The number of ether oxygens (including phenoxy) is 1. The number of nitro groups is 1. The fourth-order valence-electron chi connectivity index (χ4n) is 1.14. The smallest absolute Gasteiger partial charge is 0.331 e. The van der Waals surface area contributed by atoms with Gasteiger partial charge >= 0.3 is 5.97 Å². The zero-order chi connectivity index (χ0) is 12.8. The lowest BCUT2D eigenvalue weighted by molar-refractivity contribution is -0.384. The van der Waals surface area contributed by atoms with Crippen LogP contribution in [-0.2, 0) is 9.53 Å². The van der Waals surface area contributed by atoms with E-state index >= 15 is 0 Å². The summed E-state index contributed by atoms with van der Waals surface area (Å²) < 4.78 is 4.38. The molecular weight excluding hydrogens is 224 g/mol. The number of benzene rings is 1. The SMILES string of the molecule is COC(=O)C=C(C#N)c1cccc([N+](=O)[O-])c1. The van der Waals surface area contributed by atoms with Gasteiger partial charge in [0.05, 0.1) is 17.6 Å². The van der Waals surface area contributed by atoms with Crippen molar-refractivity contribution in [2.75, 3.05) is 7.11 Å². The molecule has 86 valence electrons. The number of methoxy groups -OCH3 is 1. The first-order valence-corrected chi connectivity index (χ1v) is 4.53. The Morgan fingerprint density at radius 1 is 1.59 bits per heavy atom. The number of non-ortho nitro benzene ring substituents is 1. The summed E-state index contributed by atoms with van der Waals surface area (Å²) in [5.41, 5.74) is 0.168. The number of carbonyl (C=O) groups excluding carboxylic acids is 1. The summed E-state index contributed by atoms with van der Waals surface area (Å²) in [7, 11) is 1.18. The molecule has 0 unspecified atom stereocenters. The Balaban J connectivity index is 3.18. The van der Waals surface area contributed by atoms with E-state index < -0.39 is 10.9 Å². The van der Waals surface area contributed by atoms with Crippen LogP contribution in [0.1, 0.15) is 5.56 Å². The van der Waals surface area contributed by atoms with Gasteiger partial charge < -0.3 is 4.74 Å². The van der Waals surface area contributed by atoms with Crippen molar-refractivity contribution in [3.63, 3.8) is 0 Å². The molecule has 1 aromatic carbocycles. The third-order valence-electron chi connectivity index (χ3n) is 1.95. The highest BCUT2D eigenvalue weighted by Crippen LogP contribution is 2.19. The highest BCUT2D eigenvalue weighted by atomic mass is 16.6. The van der Waals surface area contributed by atoms with Crippen LogP contribution in [0.25, 0.3) is 5.57 Å². The van der Waals surface area contributed by atoms with Crippen LogP contribution >= 0.6 is 0 Å². The van der Waals surface area contributed by atoms with Crippen molar-refractivity contribution in [1.82, 2.24) is 0 Å². The number of allylic oxidation sites excluding steroid dienone is 1. The molecule has 17 heavy (non-hydrogen) atoms. The fraction of sp³-hybridized carbons (Fsp3) is 0.0909. The van der Waals surface area contributed by atoms with Crippen LogP contribution in [0.3, 0.4) is 0 Å². The molecule has 6 nitrogen and oxygen atoms in total. The molecule has 0 aliphatic heterocycles. The Hall–Kier alpha value is -2.68. The minimum atomic E-state index is -0.687. The minimum absolute atomic E-state index is 0.0144. The molecule has 0 heterocycles. The van der Waals surface area contributed by atoms with Crippen LogP contribution in [0.5, 0.6) is 0 Å². The lowest BCUT2D eigenvalue weighted by atomic mass is 10.1. The molecule has 0 radical (unpaired) electrons. The first-order chi connectivity index (χ1) is 8.08. The van der Waals surface area contributed by atoms with E-state index in [1.807, 2.05) is 0 Å². The number of rotatable bonds is 3. The molecule has 0 amide bonds. The van der Waals surface area contributed by atoms with Gasteiger partial charge in [0.2, 0.25) is 0 Å². The lowest BCUT2D eigenvalue weighted by Gasteiger charge is -1.98. The number of nitro benzene ring substituents is 1. The maximum Gasteiger partial charge on any atom is 0.331 e. The predicted molar refractivity (Wildman–Crippen MR) is 58.7 cm³/mol. The predicted octanol–water partition coefficient (Wildman–Crippen LogP) is 1.67. The molecule has 0 bridgehead atoms. The third-order valence-corrected chi connectivity index (χ3v) is 1.95. The highest BCUT2D eigenvalue weighted by molar-refractivity contribution is 5.95. The zero-order valence-electron chi connectivity index (χ0n) is 8.91. The van der Waals surface area contributed by atoms with Gasteiger partial charge in [0, 0.05) is 18.2 Å². The van der Waals surface area contributed by atoms with Crippen molar-refractivity contribution in [3.8, 4) is 6.07 Å². The molecule has 0 saturated heterocycles. The zero-order valence-corrected chi connectivity index (χ0v) is 8.91. The van der Waals surface area contributed by atoms with E-state index in [-0.39, 0.29) is 11.3 Å². The van der Waals surface area contributed by atoms with Crippen LogP contribution in [0, 0.1) is 21.4 Å². The van der Waals surface area contributed by atoms with Crippen molar-refractivity contribution in [1.29, 1.82) is 5.26 Å². The summed E-state index contributed by atoms with van der Waals surface area (Å²) in [6, 6.07) is 7.26. The van der Waals surface area contributed by atoms with E-state index in [2.05, 4.69) is 4.74 Å². The molecule has 0 aliphatic carbocycles. The topological polar surface area (TPSA) is 93.2 Å². The Morgan fingerprint density at radius 2 is 2.29 bits per heavy atom. The van der Waals surface area contributed by atoms with E-state index in [1.165, 1.54) is 31.4 Å². The summed E-state index contributed by atoms with van der Waals surface area (Å²) in [5.74, 6) is -0.687. The Kier molecular flexibility index (Phi) is 3.95. The minimum Gasteiger partial charge on any atom is -0.466 e. The van der Waals surface area contributed by atoms with Crippen LogP contribution in [0.4, 0.5) is 5.69 Å². The van der Waals surface area contributed by atoms with Crippen LogP contribution in [-0.4, -0.2) is 18.0 Å². The Bertz CT molecular complexity index is 529. The molecule has 0 fully saturated rings. The van der Waals surface area contributed by atoms with Crippen molar-refractivity contribution in [3.05, 3.63) is 46.0 Å². The second-order valence-corrected chi connectivity index (χ2v) is 3.00. The average Bonchev–Trinajstić information content (AvgIpc) is 2.35. The van der Waals surface area contributed by atoms with Crippen molar-refractivity contribution >= 4 is 17.2 Å². The maximum atomic E-state index is 11.0. The summed E-state index contributed by atoms with van der Waals surface area (Å²) in [6.45, 7) is 0. The number of nitrogens with zero attached hydrogens (tertiary/aromatic N) is 2. The number of hydrogen-bond donors (Lipinski definition) is 0. The van der Waals surface area contributed by atoms with Crippen molar-refractivity contribution in [2.24, 2.45) is 0 Å². The molecule has 1 aromatic rings. The van der Waals surface area contributed by atoms with E-state index in [1.54, 1.807) is 6.07 Å². The van der Waals surface area contributed by atoms with Gasteiger partial charge in [0.1, 0.15) is 6.07 Å². The van der Waals surface area contributed by atoms with Crippen LogP contribution in [0.15, 0.2) is 30.3 Å². The van der Waals surface area contributed by atoms with E-state index in [0.29, 0.717) is 5.56 Å². The normalized spacial score (nSPS) is 10.5. The summed E-state index contributed by atoms with van der Waals surface area (Å²) in [6.07, 6.45) is 0.985. The quantitative estimate of drug-likeness (QED) is 0.260. The fourth-order valence-corrected chi connectivity index (χ4v) is 1.14. The van der Waals surface area contributed by atoms with Gasteiger partial charge in [-0.2, -0.15) is 5.26 Å². The highest BCUT2D eigenvalue weighted by Gasteiger charge is 2.10. The Labute approximate surface area is 96.9 Å². The van der Waals surface area contributed by atoms with Gasteiger partial charge in [0.25, 0.3) is 5.69 Å². The van der Waals surface area contributed by atoms with E-state index in [0.717, 1.165) is 6.08 Å². The molecule has 0 atom stereocenters. The molecular formula is C11H8N2O4. The number of carbonyl (C=O) groups is 1. The van der Waals surface area contributed by atoms with Gasteiger partial charge in [-0.1, -0.05) is 12.1 Å². The first-order valence-electron chi connectivity index (χ1n) is 4.53. The second-order valence-electron chi connectivity index (χ2n) is 3.00. The van der Waals surface area contributed by atoms with Crippen LogP contribution < -0.4 is 0 Å². The molecule has 1 rings (SSSR count). The molecule has 0 aliphatic rings. The standard InChI is InChI=1S/C11H8N2O4/c1-17-11(14)6-9(7-12)8-3-2-4-10(5-8)13(15)16/h2-6H,1H3. The number of nitriles is 1. The molecule has 0 aromatic heterocycles. The average molecular weight is 232 g/mol. The van der Waals surface area contributed by atoms with E-state index in [4.69, 9.17) is 5.26 Å². The molecule has 6 heteroatoms. The van der Waals surface area contributed by atoms with E-state index in [9.17, 15) is 14.9 Å². The van der Waals surface area contributed by atoms with Gasteiger partial charge in [-0.3, -0.25) is 10.1 Å². The van der Waals surface area contributed by atoms with Crippen molar-refractivity contribution in [2.45, 2.75) is 0 Å². The summed E-state index contributed by atoms with van der Waals surface area (Å²) in [5, 5.41) is 19.4. The molecule has 0 spiro atoms. The number of esters is 1. The largest absolute Gasteiger partial charge is 0.466 e. The van der Waals surface area contributed by atoms with Gasteiger partial charge in [-0.15, -0.1) is 0 Å². The summed E-state index contributed by atoms with van der Waals surface area (Å²) >= 11 is 0. The summed E-state index contributed by atoms with van der Waals surface area (Å²) in [4.78, 5) is 21.0. The Morgan fingerprint density at radius 3 is 2.82 bits per heavy atom. The van der Waals surface area contributed by atoms with Gasteiger partial charge in [-0.25, -0.2) is 4.79 Å². The number of hydrogen-bond acceptors (Lipinski definition) is 5. The maximum absolute atomic E-state index is 11.0. The molecule has 0 saturated carbocycles. The molecule has 0 N–H and O–H groups in total. The first kappa shape index (κ1) is 12.4. The van der Waals surface area contributed by atoms with Gasteiger partial charge in [-0.05, 0) is 5.56 Å². The second kappa shape index (κ2) is 5.42. The monoisotopic (exact) mass is 232 g/mol. The van der Waals surface area contributed by atoms with Crippen LogP contribution in [0.2, 0.25) is 0 Å².